The van der Waals surface area contributed by atoms with E-state index in [4.69, 9.17) is 0 Å². The van der Waals surface area contributed by atoms with Crippen molar-refractivity contribution >= 4 is 0 Å². The van der Waals surface area contributed by atoms with E-state index in [1.54, 1.807) is 0 Å². The van der Waals surface area contributed by atoms with Gasteiger partial charge in [-0.25, -0.2) is 0 Å². The molecule has 1 saturated carbocycles. The van der Waals surface area contributed by atoms with Gasteiger partial charge in [0.1, 0.15) is 0 Å². The molecule has 1 aliphatic carbocycles. The van der Waals surface area contributed by atoms with Crippen LogP contribution in [0.1, 0.15) is 38.5 Å². The molecule has 0 bridgehead atoms. The molecule has 0 spiro atoms. The van der Waals surface area contributed by atoms with Gasteiger partial charge in [-0.3, -0.25) is 0 Å². The van der Waals surface area contributed by atoms with Crippen LogP contribution in [-0.2, 0) is 0 Å². The maximum Gasteiger partial charge on any atom is 0.0540 e. The zero-order chi connectivity index (χ0) is 12.3. The Morgan fingerprint density at radius 1 is 1.12 bits per heavy atom. The molecule has 3 nitrogen and oxygen atoms in total. The molecule has 1 heterocycles. The molecule has 0 aromatic heterocycles. The molecule has 0 radical (unpaired) electrons. The molecule has 3 heteroatoms. The molecule has 2 N–H and O–H groups in total. The lowest BCUT2D eigenvalue weighted by atomic mass is 9.75. The number of piperidine rings is 1. The van der Waals surface area contributed by atoms with Gasteiger partial charge in [-0.2, -0.15) is 0 Å². The van der Waals surface area contributed by atoms with Crippen molar-refractivity contribution in [3.8, 4) is 0 Å². The Hall–Kier alpha value is -0.120. The van der Waals surface area contributed by atoms with Gasteiger partial charge < -0.3 is 15.3 Å². The van der Waals surface area contributed by atoms with Gasteiger partial charge in [-0.05, 0) is 71.0 Å². The Balaban J connectivity index is 1.90. The first-order chi connectivity index (χ1) is 8.20. The maximum absolute atomic E-state index is 9.61. The highest BCUT2D eigenvalue weighted by Gasteiger charge is 2.32. The average molecular weight is 240 g/mol. The number of nitrogens with one attached hydrogen (secondary N) is 1. The topological polar surface area (TPSA) is 35.5 Å². The fourth-order valence-electron chi connectivity index (χ4n) is 3.82. The van der Waals surface area contributed by atoms with Gasteiger partial charge in [0.2, 0.25) is 0 Å². The molecule has 2 fully saturated rings. The number of nitrogens with zero attached hydrogens (tertiary/aromatic N) is 1. The van der Waals surface area contributed by atoms with Crippen LogP contribution in [0.3, 0.4) is 0 Å². The van der Waals surface area contributed by atoms with Crippen LogP contribution in [0, 0.1) is 11.8 Å². The van der Waals surface area contributed by atoms with Crippen molar-refractivity contribution < 1.29 is 5.11 Å². The lowest BCUT2D eigenvalue weighted by molar-refractivity contribution is 0.0750. The van der Waals surface area contributed by atoms with Crippen LogP contribution in [0.25, 0.3) is 0 Å². The van der Waals surface area contributed by atoms with Crippen LogP contribution < -0.4 is 5.32 Å². The molecule has 2 aliphatic rings. The standard InChI is InChI=1S/C14H28N2O/c1-15-14(11-5-7-13(17)8-6-11)12-4-3-9-16(2)10-12/h11-15,17H,3-10H2,1-2H3. The van der Waals surface area contributed by atoms with E-state index in [2.05, 4.69) is 24.3 Å². The number of hydrogen-bond donors (Lipinski definition) is 2. The Labute approximate surface area is 106 Å². The minimum Gasteiger partial charge on any atom is -0.393 e. The van der Waals surface area contributed by atoms with E-state index in [1.165, 1.54) is 38.8 Å². The highest BCUT2D eigenvalue weighted by molar-refractivity contribution is 4.88. The lowest BCUT2D eigenvalue weighted by Crippen LogP contribution is -2.48. The molecule has 2 unspecified atom stereocenters. The predicted octanol–water partition coefficient (Wildman–Crippen LogP) is 1.47. The molecule has 0 amide bonds. The van der Waals surface area contributed by atoms with Crippen molar-refractivity contribution in [2.24, 2.45) is 11.8 Å². The van der Waals surface area contributed by atoms with Gasteiger partial charge in [0, 0.05) is 12.6 Å². The van der Waals surface area contributed by atoms with Gasteiger partial charge in [0.05, 0.1) is 6.10 Å². The van der Waals surface area contributed by atoms with Crippen LogP contribution in [-0.4, -0.2) is 49.3 Å². The first-order valence-corrected chi connectivity index (χ1v) is 7.24. The molecule has 1 aliphatic heterocycles. The Bertz CT molecular complexity index is 226. The largest absolute Gasteiger partial charge is 0.393 e. The van der Waals surface area contributed by atoms with Crippen molar-refractivity contribution in [1.29, 1.82) is 0 Å². The highest BCUT2D eigenvalue weighted by atomic mass is 16.3. The third kappa shape index (κ3) is 3.43. The van der Waals surface area contributed by atoms with Crippen LogP contribution in [0.2, 0.25) is 0 Å². The number of aliphatic hydroxyl groups is 1. The van der Waals surface area contributed by atoms with E-state index < -0.39 is 0 Å². The Kier molecular flexibility index (Phi) is 4.83. The lowest BCUT2D eigenvalue weighted by Gasteiger charge is -2.40. The minimum absolute atomic E-state index is 0.0298. The second-order valence-corrected chi connectivity index (χ2v) is 6.05. The second-order valence-electron chi connectivity index (χ2n) is 6.05. The van der Waals surface area contributed by atoms with E-state index in [9.17, 15) is 5.11 Å². The van der Waals surface area contributed by atoms with Gasteiger partial charge in [0.25, 0.3) is 0 Å². The summed E-state index contributed by atoms with van der Waals surface area (Å²) in [6.45, 7) is 2.50. The van der Waals surface area contributed by atoms with Crippen LogP contribution in [0.15, 0.2) is 0 Å². The highest BCUT2D eigenvalue weighted by Crippen LogP contribution is 2.32. The quantitative estimate of drug-likeness (QED) is 0.784. The SMILES string of the molecule is CNC(C1CCC(O)CC1)C1CCCN(C)C1. The fourth-order valence-corrected chi connectivity index (χ4v) is 3.82. The normalized spacial score (nSPS) is 37.9. The number of rotatable bonds is 3. The van der Waals surface area contributed by atoms with Crippen molar-refractivity contribution in [1.82, 2.24) is 10.2 Å². The Morgan fingerprint density at radius 2 is 1.82 bits per heavy atom. The number of likely N-dealkylation sites (tertiary alicyclic amines) is 1. The third-order valence-electron chi connectivity index (χ3n) is 4.75. The summed E-state index contributed by atoms with van der Waals surface area (Å²) in [7, 11) is 4.35. The molecule has 2 rings (SSSR count). The van der Waals surface area contributed by atoms with E-state index >= 15 is 0 Å². The van der Waals surface area contributed by atoms with Gasteiger partial charge in [0.15, 0.2) is 0 Å². The summed E-state index contributed by atoms with van der Waals surface area (Å²) in [4.78, 5) is 2.47. The van der Waals surface area contributed by atoms with Gasteiger partial charge in [-0.1, -0.05) is 0 Å². The summed E-state index contributed by atoms with van der Waals surface area (Å²) in [5, 5.41) is 13.2. The predicted molar refractivity (Wildman–Crippen MR) is 71.0 cm³/mol. The van der Waals surface area contributed by atoms with E-state index in [1.807, 2.05) is 0 Å². The zero-order valence-electron chi connectivity index (χ0n) is 11.4. The minimum atomic E-state index is -0.0298. The van der Waals surface area contributed by atoms with Crippen LogP contribution in [0.4, 0.5) is 0 Å². The molecular formula is C14H28N2O. The summed E-state index contributed by atoms with van der Waals surface area (Å²) in [5.74, 6) is 1.58. The van der Waals surface area contributed by atoms with Crippen molar-refractivity contribution in [2.45, 2.75) is 50.7 Å². The summed E-state index contributed by atoms with van der Waals surface area (Å²) < 4.78 is 0. The van der Waals surface area contributed by atoms with Gasteiger partial charge in [-0.15, -0.1) is 0 Å². The first kappa shape index (κ1) is 13.3. The van der Waals surface area contributed by atoms with Crippen molar-refractivity contribution in [3.63, 3.8) is 0 Å². The zero-order valence-corrected chi connectivity index (χ0v) is 11.4. The van der Waals surface area contributed by atoms with E-state index in [0.29, 0.717) is 6.04 Å². The second kappa shape index (κ2) is 6.17. The van der Waals surface area contributed by atoms with Crippen molar-refractivity contribution in [3.05, 3.63) is 0 Å². The van der Waals surface area contributed by atoms with E-state index in [-0.39, 0.29) is 6.10 Å². The smallest absolute Gasteiger partial charge is 0.0540 e. The monoisotopic (exact) mass is 240 g/mol. The summed E-state index contributed by atoms with van der Waals surface area (Å²) in [6, 6.07) is 0.658. The Morgan fingerprint density at radius 3 is 2.41 bits per heavy atom. The molecule has 2 atom stereocenters. The summed E-state index contributed by atoms with van der Waals surface area (Å²) >= 11 is 0. The molecule has 1 saturated heterocycles. The van der Waals surface area contributed by atoms with Crippen molar-refractivity contribution in [2.75, 3.05) is 27.2 Å². The molecule has 0 aromatic rings. The van der Waals surface area contributed by atoms with Crippen LogP contribution in [0.5, 0.6) is 0 Å². The third-order valence-corrected chi connectivity index (χ3v) is 4.75. The molecule has 100 valence electrons. The number of aliphatic hydroxyl groups excluding tert-OH is 1. The molecular weight excluding hydrogens is 212 g/mol. The van der Waals surface area contributed by atoms with Crippen LogP contribution >= 0.6 is 0 Å². The first-order valence-electron chi connectivity index (χ1n) is 7.24. The fraction of sp³-hybridized carbons (Fsp3) is 1.00. The molecule has 17 heavy (non-hydrogen) atoms. The van der Waals surface area contributed by atoms with E-state index in [0.717, 1.165) is 24.7 Å². The summed E-state index contributed by atoms with van der Waals surface area (Å²) in [6.07, 6.45) is 7.10. The van der Waals surface area contributed by atoms with Gasteiger partial charge >= 0.3 is 0 Å². The number of hydrogen-bond acceptors (Lipinski definition) is 3. The summed E-state index contributed by atoms with van der Waals surface area (Å²) in [5.41, 5.74) is 0. The maximum atomic E-state index is 9.61. The average Bonchev–Trinajstić information content (AvgIpc) is 2.33. The molecule has 0 aromatic carbocycles.